The van der Waals surface area contributed by atoms with E-state index in [0.717, 1.165) is 103 Å². The third-order valence-electron chi connectivity index (χ3n) is 7.46. The number of carbonyl (C=O) groups is 1. The smallest absolute Gasteiger partial charge is 0.162 e. The van der Waals surface area contributed by atoms with Gasteiger partial charge in [0, 0.05) is 45.3 Å². The summed E-state index contributed by atoms with van der Waals surface area (Å²) in [4.78, 5) is 14.9. The zero-order valence-electron chi connectivity index (χ0n) is 23.5. The van der Waals surface area contributed by atoms with Crippen LogP contribution in [0.2, 0.25) is 0 Å². The Balaban J connectivity index is 1.13. The third-order valence-corrected chi connectivity index (χ3v) is 8.79. The van der Waals surface area contributed by atoms with E-state index < -0.39 is 0 Å². The fraction of sp³-hybridized carbons (Fsp3) is 0.581. The molecule has 0 amide bonds. The standard InChI is InChI=1S/C31H44NO6P/c1-34-26-11-9-25(10-12-26)29(33)7-5-3-4-6-16-36-23-39-28(22-32-15-14-27(21-32)35-2)19-24-8-13-30-31(20-24)38-18-17-37-30/h8-13,20,27-28,39H,3-7,14-19,21-23H2,1-2H3. The fourth-order valence-electron chi connectivity index (χ4n) is 5.18. The lowest BCUT2D eigenvalue weighted by molar-refractivity contribution is 0.0978. The molecule has 0 bridgehead atoms. The summed E-state index contributed by atoms with van der Waals surface area (Å²) >= 11 is 0. The molecule has 2 aromatic carbocycles. The molecule has 2 aliphatic rings. The topological polar surface area (TPSA) is 66.5 Å². The number of nitrogens with zero attached hydrogens (tertiary/aromatic N) is 1. The molecule has 4 rings (SSSR count). The van der Waals surface area contributed by atoms with E-state index >= 15 is 0 Å². The quantitative estimate of drug-likeness (QED) is 0.143. The second-order valence-corrected chi connectivity index (χ2v) is 11.9. The predicted octanol–water partition coefficient (Wildman–Crippen LogP) is 5.58. The van der Waals surface area contributed by atoms with Crippen LogP contribution >= 0.6 is 8.58 Å². The minimum Gasteiger partial charge on any atom is -0.497 e. The van der Waals surface area contributed by atoms with Crippen LogP contribution in [0.4, 0.5) is 0 Å². The van der Waals surface area contributed by atoms with E-state index in [4.69, 9.17) is 23.7 Å². The predicted molar refractivity (Wildman–Crippen MR) is 156 cm³/mol. The van der Waals surface area contributed by atoms with Crippen molar-refractivity contribution in [2.24, 2.45) is 0 Å². The van der Waals surface area contributed by atoms with Gasteiger partial charge in [-0.2, -0.15) is 0 Å². The fourth-order valence-corrected chi connectivity index (χ4v) is 6.45. The van der Waals surface area contributed by atoms with Gasteiger partial charge in [0.05, 0.1) is 19.6 Å². The number of methoxy groups -OCH3 is 2. The van der Waals surface area contributed by atoms with Crippen molar-refractivity contribution in [3.8, 4) is 17.2 Å². The average Bonchev–Trinajstić information content (AvgIpc) is 3.43. The first-order valence-electron chi connectivity index (χ1n) is 14.3. The van der Waals surface area contributed by atoms with Crippen molar-refractivity contribution in [1.29, 1.82) is 0 Å². The van der Waals surface area contributed by atoms with Crippen molar-refractivity contribution in [2.75, 3.05) is 60.0 Å². The monoisotopic (exact) mass is 557 g/mol. The van der Waals surface area contributed by atoms with Gasteiger partial charge in [-0.25, -0.2) is 0 Å². The van der Waals surface area contributed by atoms with Crippen molar-refractivity contribution >= 4 is 14.4 Å². The van der Waals surface area contributed by atoms with E-state index in [1.54, 1.807) is 7.11 Å². The molecule has 0 spiro atoms. The second kappa shape index (κ2) is 16.2. The third kappa shape index (κ3) is 9.75. The first-order valence-corrected chi connectivity index (χ1v) is 15.5. The van der Waals surface area contributed by atoms with Crippen LogP contribution in [0.1, 0.15) is 54.4 Å². The number of Topliss-reactive ketones (excluding diaryl/α,β-unsaturated/α-hetero) is 1. The molecule has 7 nitrogen and oxygen atoms in total. The molecule has 214 valence electrons. The van der Waals surface area contributed by atoms with Crippen molar-refractivity contribution in [1.82, 2.24) is 4.90 Å². The lowest BCUT2D eigenvalue weighted by atomic mass is 10.0. The molecule has 1 saturated heterocycles. The van der Waals surface area contributed by atoms with Crippen LogP contribution in [0.5, 0.6) is 17.2 Å². The lowest BCUT2D eigenvalue weighted by Gasteiger charge is -2.25. The van der Waals surface area contributed by atoms with Crippen LogP contribution in [0.3, 0.4) is 0 Å². The Labute approximate surface area is 235 Å². The van der Waals surface area contributed by atoms with E-state index in [-0.39, 0.29) is 5.78 Å². The van der Waals surface area contributed by atoms with Crippen LogP contribution in [0.15, 0.2) is 42.5 Å². The Morgan fingerprint density at radius 3 is 2.59 bits per heavy atom. The van der Waals surface area contributed by atoms with Crippen LogP contribution in [-0.4, -0.2) is 82.5 Å². The zero-order chi connectivity index (χ0) is 27.3. The normalized spacial score (nSPS) is 18.1. The number of hydrogen-bond acceptors (Lipinski definition) is 7. The highest BCUT2D eigenvalue weighted by Crippen LogP contribution is 2.33. The number of unbranched alkanes of at least 4 members (excludes halogenated alkanes) is 3. The van der Waals surface area contributed by atoms with Gasteiger partial charge in [-0.1, -0.05) is 27.5 Å². The van der Waals surface area contributed by atoms with Crippen LogP contribution in [0.25, 0.3) is 0 Å². The van der Waals surface area contributed by atoms with Gasteiger partial charge in [0.2, 0.25) is 0 Å². The summed E-state index contributed by atoms with van der Waals surface area (Å²) < 4.78 is 28.3. The summed E-state index contributed by atoms with van der Waals surface area (Å²) in [6, 6.07) is 13.7. The Morgan fingerprint density at radius 1 is 1.03 bits per heavy atom. The number of rotatable bonds is 17. The van der Waals surface area contributed by atoms with Gasteiger partial charge < -0.3 is 28.6 Å². The Hall–Kier alpha value is -2.18. The Bertz CT molecular complexity index is 1020. The van der Waals surface area contributed by atoms with Gasteiger partial charge in [-0.05, 0) is 73.3 Å². The van der Waals surface area contributed by atoms with Gasteiger partial charge >= 0.3 is 0 Å². The van der Waals surface area contributed by atoms with Crippen LogP contribution in [0, 0.1) is 0 Å². The molecule has 2 aliphatic heterocycles. The molecule has 39 heavy (non-hydrogen) atoms. The number of ether oxygens (including phenoxy) is 5. The second-order valence-electron chi connectivity index (χ2n) is 10.4. The summed E-state index contributed by atoms with van der Waals surface area (Å²) in [6.07, 6.45) is 7.96. The highest BCUT2D eigenvalue weighted by atomic mass is 31.1. The van der Waals surface area contributed by atoms with Crippen molar-refractivity contribution in [2.45, 2.75) is 56.7 Å². The van der Waals surface area contributed by atoms with E-state index in [1.807, 2.05) is 37.4 Å². The summed E-state index contributed by atoms with van der Waals surface area (Å²) in [5.41, 5.74) is 2.59. The molecule has 8 heteroatoms. The minimum absolute atomic E-state index is 0.203. The van der Waals surface area contributed by atoms with Crippen LogP contribution < -0.4 is 14.2 Å². The average molecular weight is 558 g/mol. The van der Waals surface area contributed by atoms with Crippen molar-refractivity contribution in [3.63, 3.8) is 0 Å². The van der Waals surface area contributed by atoms with E-state index in [1.165, 1.54) is 5.56 Å². The number of fused-ring (bicyclic) bond motifs is 1. The molecular weight excluding hydrogens is 513 g/mol. The molecule has 0 N–H and O–H groups in total. The molecule has 0 aromatic heterocycles. The number of ketones is 1. The SMILES string of the molecule is COc1ccc(C(=O)CCCCCCOCPC(Cc2ccc3c(c2)OCCO3)CN2CCC(OC)C2)cc1. The molecule has 0 aliphatic carbocycles. The molecule has 3 atom stereocenters. The lowest BCUT2D eigenvalue weighted by Crippen LogP contribution is -2.31. The maximum atomic E-state index is 12.4. The summed E-state index contributed by atoms with van der Waals surface area (Å²) in [7, 11) is 4.19. The highest BCUT2D eigenvalue weighted by Gasteiger charge is 2.25. The molecule has 2 heterocycles. The largest absolute Gasteiger partial charge is 0.497 e. The van der Waals surface area contributed by atoms with E-state index in [2.05, 4.69) is 17.0 Å². The number of hydrogen-bond donors (Lipinski definition) is 0. The first-order chi connectivity index (χ1) is 19.1. The summed E-state index contributed by atoms with van der Waals surface area (Å²) in [5, 5.41) is 0. The zero-order valence-corrected chi connectivity index (χ0v) is 24.5. The number of carbonyl (C=O) groups excluding carboxylic acids is 1. The van der Waals surface area contributed by atoms with Gasteiger partial charge in [0.25, 0.3) is 0 Å². The molecule has 0 radical (unpaired) electrons. The molecule has 3 unspecified atom stereocenters. The maximum Gasteiger partial charge on any atom is 0.162 e. The van der Waals surface area contributed by atoms with Crippen molar-refractivity contribution < 1.29 is 28.5 Å². The van der Waals surface area contributed by atoms with E-state index in [0.29, 0.717) is 31.4 Å². The van der Waals surface area contributed by atoms with Crippen molar-refractivity contribution in [3.05, 3.63) is 53.6 Å². The molecule has 2 aromatic rings. The van der Waals surface area contributed by atoms with Gasteiger partial charge in [-0.3, -0.25) is 4.79 Å². The number of likely N-dealkylation sites (tertiary alicyclic amines) is 1. The molecule has 1 fully saturated rings. The van der Waals surface area contributed by atoms with Gasteiger partial charge in [0.1, 0.15) is 19.0 Å². The molecular formula is C31H44NO6P. The van der Waals surface area contributed by atoms with Gasteiger partial charge in [0.15, 0.2) is 17.3 Å². The Morgan fingerprint density at radius 2 is 1.82 bits per heavy atom. The molecule has 0 saturated carbocycles. The van der Waals surface area contributed by atoms with Gasteiger partial charge in [-0.15, -0.1) is 0 Å². The summed E-state index contributed by atoms with van der Waals surface area (Å²) in [6.45, 7) is 5.19. The first kappa shape index (κ1) is 29.8. The maximum absolute atomic E-state index is 12.4. The minimum atomic E-state index is 0.203. The number of benzene rings is 2. The summed E-state index contributed by atoms with van der Waals surface area (Å²) in [5.74, 6) is 2.69. The van der Waals surface area contributed by atoms with Crippen LogP contribution in [-0.2, 0) is 15.9 Å². The Kier molecular flexibility index (Phi) is 12.4. The highest BCUT2D eigenvalue weighted by molar-refractivity contribution is 7.38. The van der Waals surface area contributed by atoms with E-state index in [9.17, 15) is 4.79 Å².